The zero-order valence-corrected chi connectivity index (χ0v) is 25.3. The summed E-state index contributed by atoms with van der Waals surface area (Å²) in [5.74, 6) is -0.886. The van der Waals surface area contributed by atoms with Crippen molar-refractivity contribution in [1.29, 1.82) is 0 Å². The molecule has 3 aromatic rings. The predicted octanol–water partition coefficient (Wildman–Crippen LogP) is 4.38. The Bertz CT molecular complexity index is 1430. The van der Waals surface area contributed by atoms with Crippen molar-refractivity contribution in [3.05, 3.63) is 101 Å². The van der Waals surface area contributed by atoms with E-state index in [2.05, 4.69) is 10.0 Å². The lowest BCUT2D eigenvalue weighted by molar-refractivity contribution is -0.141. The number of rotatable bonds is 17. The van der Waals surface area contributed by atoms with Gasteiger partial charge in [0.2, 0.25) is 21.8 Å². The Balaban J connectivity index is 1.51. The summed E-state index contributed by atoms with van der Waals surface area (Å²) < 4.78 is 46.8. The number of aryl methyl sites for hydroxylation is 1. The van der Waals surface area contributed by atoms with Crippen molar-refractivity contribution in [2.45, 2.75) is 69.0 Å². The van der Waals surface area contributed by atoms with Crippen LogP contribution in [0.5, 0.6) is 0 Å². The summed E-state index contributed by atoms with van der Waals surface area (Å²) >= 11 is 0. The van der Waals surface area contributed by atoms with E-state index in [1.54, 1.807) is 41.3 Å². The topological polar surface area (TPSA) is 105 Å². The second kappa shape index (κ2) is 15.7. The molecule has 4 rings (SSSR count). The van der Waals surface area contributed by atoms with Crippen molar-refractivity contribution in [3.63, 3.8) is 0 Å². The Hall–Kier alpha value is -3.60. The van der Waals surface area contributed by atoms with Crippen LogP contribution in [0.15, 0.2) is 83.8 Å². The first kappa shape index (κ1) is 32.3. The number of carbonyl (C=O) groups is 2. The van der Waals surface area contributed by atoms with Crippen LogP contribution in [-0.2, 0) is 43.7 Å². The largest absolute Gasteiger partial charge is 0.382 e. The Morgan fingerprint density at radius 1 is 0.953 bits per heavy atom. The molecule has 0 radical (unpaired) electrons. The maximum atomic E-state index is 13.8. The average Bonchev–Trinajstić information content (AvgIpc) is 3.82. The third-order valence-electron chi connectivity index (χ3n) is 7.27. The van der Waals surface area contributed by atoms with E-state index in [1.807, 2.05) is 37.3 Å². The molecule has 8 nitrogen and oxygen atoms in total. The third kappa shape index (κ3) is 10.3. The van der Waals surface area contributed by atoms with Crippen LogP contribution in [0.4, 0.5) is 4.39 Å². The van der Waals surface area contributed by atoms with E-state index in [0.717, 1.165) is 24.0 Å². The highest BCUT2D eigenvalue weighted by Gasteiger charge is 2.30. The van der Waals surface area contributed by atoms with Gasteiger partial charge in [-0.25, -0.2) is 17.5 Å². The smallest absolute Gasteiger partial charge is 0.243 e. The van der Waals surface area contributed by atoms with Crippen LogP contribution < -0.4 is 10.0 Å². The highest BCUT2D eigenvalue weighted by molar-refractivity contribution is 7.89. The number of sulfonamides is 1. The minimum atomic E-state index is -3.56. The molecule has 0 unspecified atom stereocenters. The Kier molecular flexibility index (Phi) is 11.8. The summed E-state index contributed by atoms with van der Waals surface area (Å²) in [7, 11) is -3.56. The van der Waals surface area contributed by atoms with Gasteiger partial charge < -0.3 is 15.0 Å². The zero-order valence-electron chi connectivity index (χ0n) is 24.5. The first-order valence-electron chi connectivity index (χ1n) is 14.8. The fourth-order valence-electron chi connectivity index (χ4n) is 4.71. The van der Waals surface area contributed by atoms with Crippen LogP contribution in [0.2, 0.25) is 0 Å². The first-order chi connectivity index (χ1) is 20.7. The molecular weight excluding hydrogens is 569 g/mol. The summed E-state index contributed by atoms with van der Waals surface area (Å²) in [6, 6.07) is 21.2. The van der Waals surface area contributed by atoms with Gasteiger partial charge >= 0.3 is 0 Å². The molecular formula is C33H40FN3O5S. The number of amides is 2. The van der Waals surface area contributed by atoms with E-state index in [9.17, 15) is 22.4 Å². The van der Waals surface area contributed by atoms with Gasteiger partial charge in [-0.15, -0.1) is 0 Å². The van der Waals surface area contributed by atoms with E-state index in [0.29, 0.717) is 44.6 Å². The lowest BCUT2D eigenvalue weighted by atomic mass is 10.0. The fourth-order valence-corrected chi connectivity index (χ4v) is 6.01. The highest BCUT2D eigenvalue weighted by Crippen LogP contribution is 2.23. The van der Waals surface area contributed by atoms with Crippen molar-refractivity contribution in [1.82, 2.24) is 14.9 Å². The number of halogens is 1. The van der Waals surface area contributed by atoms with Crippen molar-refractivity contribution >= 4 is 21.8 Å². The van der Waals surface area contributed by atoms with E-state index >= 15 is 0 Å². The molecule has 0 bridgehead atoms. The summed E-state index contributed by atoms with van der Waals surface area (Å²) in [4.78, 5) is 29.2. The maximum absolute atomic E-state index is 13.8. The van der Waals surface area contributed by atoms with Crippen molar-refractivity contribution < 1.29 is 27.1 Å². The quantitative estimate of drug-likeness (QED) is 0.221. The van der Waals surface area contributed by atoms with Gasteiger partial charge in [-0.1, -0.05) is 54.6 Å². The maximum Gasteiger partial charge on any atom is 0.243 e. The second-order valence-corrected chi connectivity index (χ2v) is 12.4. The molecule has 0 spiro atoms. The molecule has 1 aliphatic rings. The summed E-state index contributed by atoms with van der Waals surface area (Å²) in [5.41, 5.74) is 2.42. The summed E-state index contributed by atoms with van der Waals surface area (Å²) in [6.45, 7) is 3.58. The van der Waals surface area contributed by atoms with Gasteiger partial charge in [0, 0.05) is 45.2 Å². The monoisotopic (exact) mass is 609 g/mol. The molecule has 230 valence electrons. The Labute approximate surface area is 253 Å². The third-order valence-corrected chi connectivity index (χ3v) is 8.80. The minimum Gasteiger partial charge on any atom is -0.382 e. The molecule has 0 aromatic heterocycles. The summed E-state index contributed by atoms with van der Waals surface area (Å²) in [6.07, 6.45) is 3.13. The molecule has 43 heavy (non-hydrogen) atoms. The van der Waals surface area contributed by atoms with Crippen LogP contribution in [0.1, 0.15) is 49.3 Å². The molecule has 0 heterocycles. The number of carbonyl (C=O) groups excluding carboxylic acids is 2. The fraction of sp³-hybridized carbons (Fsp3) is 0.394. The lowest BCUT2D eigenvalue weighted by Gasteiger charge is -2.31. The standard InChI is InChI=1S/C33H40FN3O5S/c1-2-42-22-6-21-35-33(39)31(23-26-7-4-3-5-8-26)37(24-27-9-14-28(34)15-10-27)32(38)20-13-25-11-18-30(19-12-25)43(40,41)36-29-16-17-29/h3-5,7-12,14-15,18-19,29,31,36H,2,6,13,16-17,20-24H2,1H3,(H,35,39)/t31-/m1/s1. The van der Waals surface area contributed by atoms with Crippen molar-refractivity contribution in [3.8, 4) is 0 Å². The number of hydrogen-bond donors (Lipinski definition) is 2. The van der Waals surface area contributed by atoms with E-state index < -0.39 is 16.1 Å². The zero-order chi connectivity index (χ0) is 30.7. The molecule has 0 aliphatic heterocycles. The molecule has 3 aromatic carbocycles. The van der Waals surface area contributed by atoms with Gasteiger partial charge in [0.05, 0.1) is 4.90 Å². The molecule has 1 aliphatic carbocycles. The molecule has 1 atom stereocenters. The Morgan fingerprint density at radius 2 is 1.63 bits per heavy atom. The van der Waals surface area contributed by atoms with Crippen LogP contribution in [0.25, 0.3) is 0 Å². The average molecular weight is 610 g/mol. The second-order valence-electron chi connectivity index (χ2n) is 10.7. The van der Waals surface area contributed by atoms with Crippen molar-refractivity contribution in [2.24, 2.45) is 0 Å². The van der Waals surface area contributed by atoms with Gasteiger partial charge in [0.25, 0.3) is 0 Å². The molecule has 2 amide bonds. The van der Waals surface area contributed by atoms with Gasteiger partial charge in [-0.2, -0.15) is 0 Å². The molecule has 2 N–H and O–H groups in total. The molecule has 1 saturated carbocycles. The molecule has 0 saturated heterocycles. The molecule has 1 fully saturated rings. The van der Waals surface area contributed by atoms with Crippen LogP contribution in [0.3, 0.4) is 0 Å². The number of benzene rings is 3. The Morgan fingerprint density at radius 3 is 2.28 bits per heavy atom. The number of nitrogens with zero attached hydrogens (tertiary/aromatic N) is 1. The minimum absolute atomic E-state index is 0.0140. The van der Waals surface area contributed by atoms with Gasteiger partial charge in [0.15, 0.2) is 0 Å². The van der Waals surface area contributed by atoms with E-state index in [4.69, 9.17) is 4.74 Å². The SMILES string of the molecule is CCOCCCNC(=O)[C@@H](Cc1ccccc1)N(Cc1ccc(F)cc1)C(=O)CCc1ccc(S(=O)(=O)NC2CC2)cc1. The van der Waals surface area contributed by atoms with E-state index in [-0.39, 0.29) is 41.5 Å². The van der Waals surface area contributed by atoms with Crippen LogP contribution >= 0.6 is 0 Å². The van der Waals surface area contributed by atoms with Gasteiger partial charge in [-0.3, -0.25) is 9.59 Å². The normalized spacial score (nSPS) is 13.8. The van der Waals surface area contributed by atoms with Crippen LogP contribution in [0, 0.1) is 5.82 Å². The number of hydrogen-bond acceptors (Lipinski definition) is 5. The van der Waals surface area contributed by atoms with Crippen molar-refractivity contribution in [2.75, 3.05) is 19.8 Å². The van der Waals surface area contributed by atoms with Gasteiger partial charge in [0.1, 0.15) is 11.9 Å². The highest BCUT2D eigenvalue weighted by atomic mass is 32.2. The number of nitrogens with one attached hydrogen (secondary N) is 2. The summed E-state index contributed by atoms with van der Waals surface area (Å²) in [5, 5.41) is 2.97. The van der Waals surface area contributed by atoms with Gasteiger partial charge in [-0.05, 0) is 73.6 Å². The lowest BCUT2D eigenvalue weighted by Crippen LogP contribution is -2.50. The van der Waals surface area contributed by atoms with Crippen LogP contribution in [-0.4, -0.2) is 57.0 Å². The number of ether oxygens (including phenoxy) is 1. The van der Waals surface area contributed by atoms with E-state index in [1.165, 1.54) is 12.1 Å². The predicted molar refractivity (Wildman–Crippen MR) is 163 cm³/mol. The first-order valence-corrected chi connectivity index (χ1v) is 16.3. The molecule has 10 heteroatoms.